The van der Waals surface area contributed by atoms with E-state index in [4.69, 9.17) is 21.1 Å². The Morgan fingerprint density at radius 2 is 1.71 bits per heavy atom. The van der Waals surface area contributed by atoms with Gasteiger partial charge in [-0.05, 0) is 60.2 Å². The lowest BCUT2D eigenvalue weighted by atomic mass is 10.1. The molecule has 0 unspecified atom stereocenters. The number of urea groups is 1. The second kappa shape index (κ2) is 9.76. The van der Waals surface area contributed by atoms with E-state index in [1.807, 2.05) is 0 Å². The van der Waals surface area contributed by atoms with Crippen molar-refractivity contribution in [3.63, 3.8) is 0 Å². The number of nitrogens with zero attached hydrogens (tertiary/aromatic N) is 1. The zero-order valence-corrected chi connectivity index (χ0v) is 18.6. The number of amides is 4. The number of halogens is 2. The molecule has 0 saturated carbocycles. The van der Waals surface area contributed by atoms with Crippen molar-refractivity contribution < 1.29 is 28.2 Å². The van der Waals surface area contributed by atoms with Gasteiger partial charge in [0.1, 0.15) is 29.5 Å². The minimum absolute atomic E-state index is 0.110. The number of hydrogen-bond donors (Lipinski definition) is 1. The zero-order chi connectivity index (χ0) is 24.2. The molecule has 4 rings (SSSR count). The minimum Gasteiger partial charge on any atom is -0.497 e. The van der Waals surface area contributed by atoms with Crippen molar-refractivity contribution in [2.45, 2.75) is 6.61 Å². The summed E-state index contributed by atoms with van der Waals surface area (Å²) in [5.41, 5.74) is 1.12. The number of methoxy groups -OCH3 is 1. The number of nitrogens with one attached hydrogen (secondary N) is 1. The zero-order valence-electron chi connectivity index (χ0n) is 17.9. The van der Waals surface area contributed by atoms with Gasteiger partial charge in [-0.1, -0.05) is 23.7 Å². The van der Waals surface area contributed by atoms with Crippen molar-refractivity contribution in [2.24, 2.45) is 0 Å². The molecule has 0 bridgehead atoms. The lowest BCUT2D eigenvalue weighted by Gasteiger charge is -2.26. The SMILES string of the molecule is COc1ccc(/C=C2\C(=O)NC(=O)N(c3ccc(Cl)cc3)C2=O)c(OCc2ccc(F)cc2)c1. The Kier molecular flexibility index (Phi) is 6.60. The highest BCUT2D eigenvalue weighted by Crippen LogP contribution is 2.30. The summed E-state index contributed by atoms with van der Waals surface area (Å²) in [6, 6.07) is 15.9. The van der Waals surface area contributed by atoms with E-state index in [2.05, 4.69) is 5.32 Å². The van der Waals surface area contributed by atoms with Gasteiger partial charge in [-0.25, -0.2) is 14.1 Å². The van der Waals surface area contributed by atoms with E-state index in [9.17, 15) is 18.8 Å². The molecule has 34 heavy (non-hydrogen) atoms. The van der Waals surface area contributed by atoms with Crippen LogP contribution in [0.15, 0.2) is 72.3 Å². The van der Waals surface area contributed by atoms with Crippen molar-refractivity contribution in [1.82, 2.24) is 5.32 Å². The summed E-state index contributed by atoms with van der Waals surface area (Å²) in [4.78, 5) is 38.9. The number of rotatable bonds is 6. The average molecular weight is 481 g/mol. The predicted octanol–water partition coefficient (Wildman–Crippen LogP) is 4.73. The standard InChI is InChI=1S/C25H18ClFN2O5/c1-33-20-11-4-16(22(13-20)34-14-15-2-7-18(27)8-3-15)12-21-23(30)28-25(32)29(24(21)31)19-9-5-17(26)6-10-19/h2-13H,14H2,1H3,(H,28,30,32)/b21-12+. The third-order valence-corrected chi connectivity index (χ3v) is 5.27. The third kappa shape index (κ3) is 4.92. The van der Waals surface area contributed by atoms with E-state index in [1.54, 1.807) is 30.3 Å². The molecule has 0 spiro atoms. The Balaban J connectivity index is 1.67. The minimum atomic E-state index is -0.864. The largest absolute Gasteiger partial charge is 0.497 e. The number of benzene rings is 3. The van der Waals surface area contributed by atoms with E-state index in [1.165, 1.54) is 49.6 Å². The molecule has 1 fully saturated rings. The molecule has 0 radical (unpaired) electrons. The molecular formula is C25H18ClFN2O5. The number of anilines is 1. The molecule has 1 heterocycles. The van der Waals surface area contributed by atoms with Crippen LogP contribution in [0.1, 0.15) is 11.1 Å². The Bertz CT molecular complexity index is 1290. The topological polar surface area (TPSA) is 84.9 Å². The highest BCUT2D eigenvalue weighted by Gasteiger charge is 2.37. The molecule has 0 aromatic heterocycles. The lowest BCUT2D eigenvalue weighted by molar-refractivity contribution is -0.122. The van der Waals surface area contributed by atoms with E-state index >= 15 is 0 Å². The Morgan fingerprint density at radius 1 is 1.00 bits per heavy atom. The molecule has 3 aromatic rings. The van der Waals surface area contributed by atoms with Crippen LogP contribution in [0, 0.1) is 5.82 Å². The van der Waals surface area contributed by atoms with Crippen molar-refractivity contribution in [3.8, 4) is 11.5 Å². The van der Waals surface area contributed by atoms with Gasteiger partial charge in [0, 0.05) is 16.7 Å². The molecule has 4 amide bonds. The summed E-state index contributed by atoms with van der Waals surface area (Å²) < 4.78 is 24.3. The highest BCUT2D eigenvalue weighted by atomic mass is 35.5. The van der Waals surface area contributed by atoms with E-state index in [0.717, 1.165) is 4.90 Å². The molecule has 9 heteroatoms. The average Bonchev–Trinajstić information content (AvgIpc) is 2.83. The summed E-state index contributed by atoms with van der Waals surface area (Å²) in [5, 5.41) is 2.61. The van der Waals surface area contributed by atoms with E-state index in [0.29, 0.717) is 27.6 Å². The first-order valence-corrected chi connectivity index (χ1v) is 10.5. The first-order valence-electron chi connectivity index (χ1n) is 10.1. The van der Waals surface area contributed by atoms with E-state index < -0.39 is 17.8 Å². The van der Waals surface area contributed by atoms with Gasteiger partial charge < -0.3 is 9.47 Å². The number of hydrogen-bond acceptors (Lipinski definition) is 5. The number of ether oxygens (including phenoxy) is 2. The molecule has 7 nitrogen and oxygen atoms in total. The van der Waals surface area contributed by atoms with Gasteiger partial charge in [0.15, 0.2) is 0 Å². The molecule has 3 aromatic carbocycles. The van der Waals surface area contributed by atoms with Gasteiger partial charge in [0.25, 0.3) is 11.8 Å². The van der Waals surface area contributed by atoms with Gasteiger partial charge >= 0.3 is 6.03 Å². The van der Waals surface area contributed by atoms with Crippen molar-refractivity contribution in [1.29, 1.82) is 0 Å². The van der Waals surface area contributed by atoms with Gasteiger partial charge in [-0.3, -0.25) is 14.9 Å². The molecule has 0 aliphatic carbocycles. The second-order valence-electron chi connectivity index (χ2n) is 7.25. The first kappa shape index (κ1) is 23.0. The monoisotopic (exact) mass is 480 g/mol. The molecule has 0 atom stereocenters. The first-order chi connectivity index (χ1) is 16.4. The number of barbiturate groups is 1. The number of imide groups is 2. The van der Waals surface area contributed by atoms with Crippen LogP contribution < -0.4 is 19.7 Å². The van der Waals surface area contributed by atoms with Gasteiger partial charge in [0.2, 0.25) is 0 Å². The number of carbonyl (C=O) groups is 3. The van der Waals surface area contributed by atoms with E-state index in [-0.39, 0.29) is 23.7 Å². The van der Waals surface area contributed by atoms with Gasteiger partial charge in [0.05, 0.1) is 12.8 Å². The summed E-state index contributed by atoms with van der Waals surface area (Å²) in [6.45, 7) is 0.110. The maximum atomic E-state index is 13.2. The maximum Gasteiger partial charge on any atom is 0.335 e. The fraction of sp³-hybridized carbons (Fsp3) is 0.0800. The van der Waals surface area contributed by atoms with Crippen molar-refractivity contribution >= 4 is 41.2 Å². The smallest absolute Gasteiger partial charge is 0.335 e. The van der Waals surface area contributed by atoms with Crippen LogP contribution in [0.5, 0.6) is 11.5 Å². The second-order valence-corrected chi connectivity index (χ2v) is 7.69. The number of carbonyl (C=O) groups excluding carboxylic acids is 3. The molecule has 1 aliphatic rings. The van der Waals surface area contributed by atoms with Crippen LogP contribution in [0.25, 0.3) is 6.08 Å². The fourth-order valence-corrected chi connectivity index (χ4v) is 3.39. The summed E-state index contributed by atoms with van der Waals surface area (Å²) in [6.07, 6.45) is 1.34. The Morgan fingerprint density at radius 3 is 2.38 bits per heavy atom. The van der Waals surface area contributed by atoms with Gasteiger partial charge in [-0.15, -0.1) is 0 Å². The van der Waals surface area contributed by atoms with Crippen molar-refractivity contribution in [3.05, 3.63) is 94.3 Å². The summed E-state index contributed by atoms with van der Waals surface area (Å²) in [7, 11) is 1.49. The molecular weight excluding hydrogens is 463 g/mol. The predicted molar refractivity (Wildman–Crippen MR) is 124 cm³/mol. The quantitative estimate of drug-likeness (QED) is 0.407. The third-order valence-electron chi connectivity index (χ3n) is 5.01. The molecule has 1 aliphatic heterocycles. The van der Waals surface area contributed by atoms with Crippen molar-refractivity contribution in [2.75, 3.05) is 12.0 Å². The summed E-state index contributed by atoms with van der Waals surface area (Å²) in [5.74, 6) is -1.17. The Labute approximate surface area is 199 Å². The fourth-order valence-electron chi connectivity index (χ4n) is 3.27. The highest BCUT2D eigenvalue weighted by molar-refractivity contribution is 6.39. The normalized spacial score (nSPS) is 14.9. The molecule has 1 saturated heterocycles. The molecule has 172 valence electrons. The maximum absolute atomic E-state index is 13.2. The van der Waals surface area contributed by atoms with Crippen LogP contribution >= 0.6 is 11.6 Å². The Hall–Kier alpha value is -4.17. The lowest BCUT2D eigenvalue weighted by Crippen LogP contribution is -2.54. The van der Waals surface area contributed by atoms with Crippen LogP contribution in [-0.4, -0.2) is 25.0 Å². The van der Waals surface area contributed by atoms with Gasteiger partial charge in [-0.2, -0.15) is 0 Å². The van der Waals surface area contributed by atoms with Crippen LogP contribution in [0.2, 0.25) is 5.02 Å². The van der Waals surface area contributed by atoms with Crippen LogP contribution in [0.4, 0.5) is 14.9 Å². The summed E-state index contributed by atoms with van der Waals surface area (Å²) >= 11 is 5.89. The van der Waals surface area contributed by atoms with Crippen LogP contribution in [0.3, 0.4) is 0 Å². The van der Waals surface area contributed by atoms with Crippen LogP contribution in [-0.2, 0) is 16.2 Å². The molecule has 1 N–H and O–H groups in total.